The van der Waals surface area contributed by atoms with E-state index in [1.54, 1.807) is 31.3 Å². The normalized spacial score (nSPS) is 29.9. The summed E-state index contributed by atoms with van der Waals surface area (Å²) in [6.45, 7) is 13.0. The summed E-state index contributed by atoms with van der Waals surface area (Å²) in [7, 11) is 0. The van der Waals surface area contributed by atoms with Crippen molar-refractivity contribution in [3.8, 4) is 0 Å². The summed E-state index contributed by atoms with van der Waals surface area (Å²) >= 11 is 1.62. The maximum absolute atomic E-state index is 13.6. The van der Waals surface area contributed by atoms with Gasteiger partial charge < -0.3 is 14.9 Å². The number of Topliss-reactive ketones (excluding diaryl/α,β-unsaturated/α-hetero) is 1. The molecule has 1 aliphatic heterocycles. The number of benzene rings is 1. The van der Waals surface area contributed by atoms with E-state index in [0.29, 0.717) is 12.8 Å². The summed E-state index contributed by atoms with van der Waals surface area (Å²) in [4.78, 5) is 31.2. The fourth-order valence-corrected chi connectivity index (χ4v) is 5.84. The second kappa shape index (κ2) is 12.5. The third-order valence-electron chi connectivity index (χ3n) is 7.66. The zero-order valence-electron chi connectivity index (χ0n) is 22.7. The van der Waals surface area contributed by atoms with Gasteiger partial charge in [-0.2, -0.15) is 0 Å². The van der Waals surface area contributed by atoms with Crippen LogP contribution in [0.15, 0.2) is 42.5 Å². The highest BCUT2D eigenvalue weighted by atomic mass is 32.1. The van der Waals surface area contributed by atoms with Crippen LogP contribution in [0.25, 0.3) is 10.2 Å². The largest absolute Gasteiger partial charge is 0.457 e. The number of esters is 1. The Morgan fingerprint density at radius 3 is 2.68 bits per heavy atom. The van der Waals surface area contributed by atoms with Crippen LogP contribution in [0.2, 0.25) is 0 Å². The smallest absolute Gasteiger partial charge is 0.309 e. The van der Waals surface area contributed by atoms with Crippen molar-refractivity contribution in [1.82, 2.24) is 4.98 Å². The molecule has 6 nitrogen and oxygen atoms in total. The van der Waals surface area contributed by atoms with E-state index in [9.17, 15) is 19.8 Å². The zero-order chi connectivity index (χ0) is 27.3. The van der Waals surface area contributed by atoms with Crippen molar-refractivity contribution in [3.63, 3.8) is 0 Å². The molecule has 5 atom stereocenters. The molecule has 1 aromatic heterocycles. The molecule has 7 heteroatoms. The molecule has 1 aromatic carbocycles. The fraction of sp³-hybridized carbons (Fsp3) is 0.567. The maximum atomic E-state index is 13.6. The Balaban J connectivity index is 1.93. The van der Waals surface area contributed by atoms with E-state index < -0.39 is 35.6 Å². The van der Waals surface area contributed by atoms with Gasteiger partial charge in [0.15, 0.2) is 0 Å². The lowest BCUT2D eigenvalue weighted by Gasteiger charge is -2.35. The number of allylic oxidation sites excluding steroid dienone is 2. The molecule has 0 bridgehead atoms. The van der Waals surface area contributed by atoms with Gasteiger partial charge >= 0.3 is 5.97 Å². The average molecular weight is 528 g/mol. The van der Waals surface area contributed by atoms with Gasteiger partial charge in [0.1, 0.15) is 11.9 Å². The van der Waals surface area contributed by atoms with Gasteiger partial charge in [-0.15, -0.1) is 17.9 Å². The molecule has 2 heterocycles. The predicted octanol–water partition coefficient (Wildman–Crippen LogP) is 6.24. The number of thiazole rings is 1. The van der Waals surface area contributed by atoms with Crippen LogP contribution in [0.5, 0.6) is 0 Å². The minimum Gasteiger partial charge on any atom is -0.457 e. The monoisotopic (exact) mass is 527 g/mol. The Hall–Kier alpha value is -2.35. The van der Waals surface area contributed by atoms with Gasteiger partial charge in [-0.3, -0.25) is 9.59 Å². The first kappa shape index (κ1) is 29.2. The predicted molar refractivity (Wildman–Crippen MR) is 148 cm³/mol. The number of cyclic esters (lactones) is 1. The molecule has 37 heavy (non-hydrogen) atoms. The molecule has 1 unspecified atom stereocenters. The van der Waals surface area contributed by atoms with E-state index in [1.165, 1.54) is 5.57 Å². The summed E-state index contributed by atoms with van der Waals surface area (Å²) in [5, 5.41) is 23.1. The van der Waals surface area contributed by atoms with E-state index in [2.05, 4.69) is 24.6 Å². The van der Waals surface area contributed by atoms with Gasteiger partial charge in [-0.05, 0) is 63.1 Å². The van der Waals surface area contributed by atoms with Crippen LogP contribution in [-0.4, -0.2) is 39.2 Å². The third kappa shape index (κ3) is 7.15. The van der Waals surface area contributed by atoms with Crippen LogP contribution in [0.3, 0.4) is 0 Å². The Morgan fingerprint density at radius 2 is 1.97 bits per heavy atom. The third-order valence-corrected chi connectivity index (χ3v) is 8.61. The fourth-order valence-electron chi connectivity index (χ4n) is 5.04. The number of ether oxygens (including phenoxy) is 1. The summed E-state index contributed by atoms with van der Waals surface area (Å²) in [5.74, 6) is -1.62. The quantitative estimate of drug-likeness (QED) is 0.362. The van der Waals surface area contributed by atoms with Gasteiger partial charge in [-0.25, -0.2) is 4.98 Å². The number of aryl methyl sites for hydroxylation is 1. The summed E-state index contributed by atoms with van der Waals surface area (Å²) in [6, 6.07) is 5.93. The molecule has 2 N–H and O–H groups in total. The number of hydrogen-bond donors (Lipinski definition) is 2. The van der Waals surface area contributed by atoms with Crippen LogP contribution < -0.4 is 0 Å². The van der Waals surface area contributed by atoms with E-state index in [-0.39, 0.29) is 18.1 Å². The van der Waals surface area contributed by atoms with Crippen LogP contribution in [0.4, 0.5) is 0 Å². The lowest BCUT2D eigenvalue weighted by molar-refractivity contribution is -0.156. The van der Waals surface area contributed by atoms with Gasteiger partial charge in [-0.1, -0.05) is 44.6 Å². The van der Waals surface area contributed by atoms with Crippen LogP contribution in [0, 0.1) is 24.2 Å². The van der Waals surface area contributed by atoms with Crippen LogP contribution >= 0.6 is 11.3 Å². The molecule has 0 saturated carbocycles. The molecule has 0 aliphatic carbocycles. The average Bonchev–Trinajstić information content (AvgIpc) is 3.22. The SMILES string of the molecule is C=CC[C@H]1C(=O)C(C)(C)[C@@H](O)CC(=O)O[C@H](c2ccc3sc(C)nc3c2)C/C=C(/C)CCC[C@H](C)C1O. The van der Waals surface area contributed by atoms with E-state index in [4.69, 9.17) is 4.74 Å². The van der Waals surface area contributed by atoms with Crippen molar-refractivity contribution in [2.45, 2.75) is 91.5 Å². The Bertz CT molecular complexity index is 1150. The minimum atomic E-state index is -1.25. The van der Waals surface area contributed by atoms with Crippen molar-refractivity contribution in [1.29, 1.82) is 0 Å². The number of nitrogens with zero attached hydrogens (tertiary/aromatic N) is 1. The topological polar surface area (TPSA) is 96.7 Å². The Morgan fingerprint density at radius 1 is 1.24 bits per heavy atom. The highest BCUT2D eigenvalue weighted by Crippen LogP contribution is 2.35. The molecule has 3 rings (SSSR count). The number of hydrogen-bond acceptors (Lipinski definition) is 7. The van der Waals surface area contributed by atoms with Crippen molar-refractivity contribution in [3.05, 3.63) is 53.1 Å². The lowest BCUT2D eigenvalue weighted by atomic mass is 9.71. The second-order valence-electron chi connectivity index (χ2n) is 11.0. The Kier molecular flexibility index (Phi) is 9.84. The van der Waals surface area contributed by atoms with Crippen molar-refractivity contribution in [2.24, 2.45) is 17.3 Å². The number of carbonyl (C=O) groups is 2. The first-order valence-electron chi connectivity index (χ1n) is 13.2. The molecule has 202 valence electrons. The lowest BCUT2D eigenvalue weighted by Crippen LogP contribution is -2.46. The Labute approximate surface area is 224 Å². The van der Waals surface area contributed by atoms with Crippen molar-refractivity contribution >= 4 is 33.3 Å². The number of rotatable bonds is 3. The van der Waals surface area contributed by atoms with E-state index in [0.717, 1.165) is 40.1 Å². The highest BCUT2D eigenvalue weighted by molar-refractivity contribution is 7.18. The molecule has 1 aliphatic rings. The van der Waals surface area contributed by atoms with Gasteiger partial charge in [0.25, 0.3) is 0 Å². The maximum Gasteiger partial charge on any atom is 0.309 e. The first-order valence-corrected chi connectivity index (χ1v) is 14.0. The molecule has 0 amide bonds. The number of carbonyl (C=O) groups excluding carboxylic acids is 2. The van der Waals surface area contributed by atoms with Crippen LogP contribution in [-0.2, 0) is 14.3 Å². The molecule has 0 saturated heterocycles. The van der Waals surface area contributed by atoms with E-state index >= 15 is 0 Å². The molecule has 0 fully saturated rings. The number of aromatic nitrogens is 1. The number of aliphatic hydroxyl groups is 2. The number of fused-ring (bicyclic) bond motifs is 1. The summed E-state index contributed by atoms with van der Waals surface area (Å²) < 4.78 is 6.99. The molecule has 2 aromatic rings. The van der Waals surface area contributed by atoms with Gasteiger partial charge in [0, 0.05) is 12.3 Å². The summed E-state index contributed by atoms with van der Waals surface area (Å²) in [6.07, 6.45) is 4.10. The van der Waals surface area contributed by atoms with Crippen molar-refractivity contribution < 1.29 is 24.5 Å². The van der Waals surface area contributed by atoms with Gasteiger partial charge in [0.05, 0.1) is 39.3 Å². The molecular weight excluding hydrogens is 486 g/mol. The summed E-state index contributed by atoms with van der Waals surface area (Å²) in [5.41, 5.74) is 1.66. The molecular formula is C30H41NO5S. The second-order valence-corrected chi connectivity index (χ2v) is 12.3. The molecule has 0 radical (unpaired) electrons. The number of aliphatic hydroxyl groups excluding tert-OH is 2. The first-order chi connectivity index (χ1) is 17.4. The van der Waals surface area contributed by atoms with E-state index in [1.807, 2.05) is 32.0 Å². The highest BCUT2D eigenvalue weighted by Gasteiger charge is 2.43. The standard InChI is InChI=1S/C30H41NO5S/c1-7-9-22-28(34)19(3)11-8-10-18(2)12-14-24(21-13-15-25-23(16-21)31-20(4)37-25)36-27(33)17-26(32)30(5,6)29(22)35/h7,12-13,15-16,19,22,24,26,28,32,34H,1,8-11,14,17H2,2-6H3/b18-12-/t19-,22+,24-,26-,28?/m0/s1. The van der Waals surface area contributed by atoms with Crippen LogP contribution in [0.1, 0.15) is 82.9 Å². The minimum absolute atomic E-state index is 0.0893. The van der Waals surface area contributed by atoms with Gasteiger partial charge in [0.2, 0.25) is 0 Å². The zero-order valence-corrected chi connectivity index (χ0v) is 23.5. The molecule has 0 spiro atoms. The van der Waals surface area contributed by atoms with Crippen molar-refractivity contribution in [2.75, 3.05) is 0 Å². The number of ketones is 1.